The van der Waals surface area contributed by atoms with Crippen molar-refractivity contribution < 1.29 is 8.42 Å². The predicted molar refractivity (Wildman–Crippen MR) is 91.7 cm³/mol. The molecule has 7 heteroatoms. The number of hydrogen-bond donors (Lipinski definition) is 0. The van der Waals surface area contributed by atoms with Crippen LogP contribution < -0.4 is 0 Å². The van der Waals surface area contributed by atoms with Crippen LogP contribution in [0, 0.1) is 25.2 Å². The number of nitriles is 1. The van der Waals surface area contributed by atoms with E-state index in [-0.39, 0.29) is 17.5 Å². The summed E-state index contributed by atoms with van der Waals surface area (Å²) in [4.78, 5) is 4.21. The highest BCUT2D eigenvalue weighted by atomic mass is 32.2. The first-order chi connectivity index (χ1) is 11.4. The number of aryl methyl sites for hydroxylation is 1. The lowest BCUT2D eigenvalue weighted by molar-refractivity contribution is 0.486. The highest BCUT2D eigenvalue weighted by Gasteiger charge is 2.31. The van der Waals surface area contributed by atoms with E-state index in [1.165, 1.54) is 0 Å². The average molecular weight is 342 g/mol. The van der Waals surface area contributed by atoms with Gasteiger partial charge in [0.25, 0.3) is 0 Å². The quantitative estimate of drug-likeness (QED) is 0.799. The summed E-state index contributed by atoms with van der Waals surface area (Å²) in [6.45, 7) is 3.77. The second kappa shape index (κ2) is 6.21. The predicted octanol–water partition coefficient (Wildman–Crippen LogP) is 2.32. The molecule has 0 radical (unpaired) electrons. The van der Waals surface area contributed by atoms with E-state index < -0.39 is 9.84 Å². The van der Waals surface area contributed by atoms with Crippen LogP contribution >= 0.6 is 0 Å². The van der Waals surface area contributed by atoms with E-state index in [2.05, 4.69) is 16.2 Å². The lowest BCUT2D eigenvalue weighted by Gasteiger charge is -2.11. The van der Waals surface area contributed by atoms with Gasteiger partial charge in [-0.15, -0.1) is 0 Å². The Labute approximate surface area is 141 Å². The number of pyridine rings is 1. The SMILES string of the molecule is Cc1nn(C2CCS(=O)(=O)C2)c(C)c1/C=C(/C#N)c1ccccn1. The van der Waals surface area contributed by atoms with Crippen molar-refractivity contribution in [3.05, 3.63) is 47.0 Å². The second-order valence-corrected chi connectivity index (χ2v) is 8.20. The van der Waals surface area contributed by atoms with Gasteiger partial charge in [-0.1, -0.05) is 6.07 Å². The molecule has 1 aliphatic rings. The van der Waals surface area contributed by atoms with Crippen LogP contribution in [0.2, 0.25) is 0 Å². The average Bonchev–Trinajstić information content (AvgIpc) is 3.06. The molecule has 6 nitrogen and oxygen atoms in total. The third kappa shape index (κ3) is 3.10. The van der Waals surface area contributed by atoms with E-state index >= 15 is 0 Å². The minimum atomic E-state index is -2.97. The van der Waals surface area contributed by atoms with Crippen LogP contribution in [0.25, 0.3) is 11.6 Å². The first-order valence-corrected chi connectivity index (χ1v) is 9.53. The molecule has 2 aromatic rings. The van der Waals surface area contributed by atoms with Crippen LogP contribution in [-0.4, -0.2) is 34.7 Å². The summed E-state index contributed by atoms with van der Waals surface area (Å²) in [5.74, 6) is 0.335. The van der Waals surface area contributed by atoms with Crippen LogP contribution in [0.1, 0.15) is 35.1 Å². The van der Waals surface area contributed by atoms with Gasteiger partial charge in [0.2, 0.25) is 0 Å². The van der Waals surface area contributed by atoms with Gasteiger partial charge in [0.1, 0.15) is 6.07 Å². The van der Waals surface area contributed by atoms with E-state index in [0.29, 0.717) is 17.7 Å². The molecule has 1 fully saturated rings. The standard InChI is InChI=1S/C17H18N4O2S/c1-12-16(9-14(10-18)17-5-3-4-7-19-17)13(2)21(20-12)15-6-8-24(22,23)11-15/h3-5,7,9,15H,6,8,11H2,1-2H3/b14-9-. The molecule has 0 aliphatic carbocycles. The maximum Gasteiger partial charge on any atom is 0.152 e. The maximum atomic E-state index is 11.7. The highest BCUT2D eigenvalue weighted by molar-refractivity contribution is 7.91. The number of allylic oxidation sites excluding steroid dienone is 1. The molecule has 0 amide bonds. The fraction of sp³-hybridized carbons (Fsp3) is 0.353. The van der Waals surface area contributed by atoms with Crippen LogP contribution in [0.15, 0.2) is 24.4 Å². The first kappa shape index (κ1) is 16.4. The van der Waals surface area contributed by atoms with Crippen molar-refractivity contribution in [1.29, 1.82) is 5.26 Å². The van der Waals surface area contributed by atoms with Gasteiger partial charge >= 0.3 is 0 Å². The fourth-order valence-corrected chi connectivity index (χ4v) is 4.73. The minimum Gasteiger partial charge on any atom is -0.265 e. The summed E-state index contributed by atoms with van der Waals surface area (Å²) >= 11 is 0. The van der Waals surface area contributed by atoms with E-state index in [4.69, 9.17) is 0 Å². The molecule has 1 unspecified atom stereocenters. The Morgan fingerprint density at radius 2 is 2.21 bits per heavy atom. The molecule has 1 saturated heterocycles. The van der Waals surface area contributed by atoms with Gasteiger partial charge < -0.3 is 0 Å². The van der Waals surface area contributed by atoms with Crippen LogP contribution in [0.4, 0.5) is 0 Å². The summed E-state index contributed by atoms with van der Waals surface area (Å²) in [6, 6.07) is 7.47. The number of aromatic nitrogens is 3. The third-order valence-electron chi connectivity index (χ3n) is 4.29. The Bertz CT molecular complexity index is 937. The smallest absolute Gasteiger partial charge is 0.152 e. The molecular formula is C17H18N4O2S. The van der Waals surface area contributed by atoms with Crippen LogP contribution in [-0.2, 0) is 9.84 Å². The van der Waals surface area contributed by atoms with Crippen molar-refractivity contribution in [2.45, 2.75) is 26.3 Å². The lowest BCUT2D eigenvalue weighted by atomic mass is 10.1. The highest BCUT2D eigenvalue weighted by Crippen LogP contribution is 2.28. The summed E-state index contributed by atoms with van der Waals surface area (Å²) in [5.41, 5.74) is 3.57. The first-order valence-electron chi connectivity index (χ1n) is 7.70. The summed E-state index contributed by atoms with van der Waals surface area (Å²) < 4.78 is 25.2. The topological polar surface area (TPSA) is 88.6 Å². The Balaban J connectivity index is 2.01. The van der Waals surface area contributed by atoms with E-state index in [1.807, 2.05) is 19.9 Å². The zero-order valence-corrected chi connectivity index (χ0v) is 14.4. The molecule has 1 aliphatic heterocycles. The van der Waals surface area contributed by atoms with Gasteiger partial charge in [0.05, 0.1) is 34.5 Å². The zero-order chi connectivity index (χ0) is 17.3. The molecular weight excluding hydrogens is 324 g/mol. The zero-order valence-electron chi connectivity index (χ0n) is 13.6. The molecule has 0 bridgehead atoms. The van der Waals surface area contributed by atoms with Crippen molar-refractivity contribution in [3.8, 4) is 6.07 Å². The fourth-order valence-electron chi connectivity index (χ4n) is 3.04. The Kier molecular flexibility index (Phi) is 4.24. The normalized spacial score (nSPS) is 20.0. The summed E-state index contributed by atoms with van der Waals surface area (Å²) in [5, 5.41) is 14.0. The van der Waals surface area contributed by atoms with Gasteiger partial charge in [0.15, 0.2) is 9.84 Å². The molecule has 0 N–H and O–H groups in total. The molecule has 0 spiro atoms. The van der Waals surface area contributed by atoms with Crippen molar-refractivity contribution in [2.75, 3.05) is 11.5 Å². The van der Waals surface area contributed by atoms with E-state index in [9.17, 15) is 13.7 Å². The lowest BCUT2D eigenvalue weighted by Crippen LogP contribution is -2.13. The van der Waals surface area contributed by atoms with Crippen molar-refractivity contribution in [3.63, 3.8) is 0 Å². The molecule has 124 valence electrons. The molecule has 3 rings (SSSR count). The second-order valence-electron chi connectivity index (χ2n) is 5.97. The monoisotopic (exact) mass is 342 g/mol. The Morgan fingerprint density at radius 1 is 1.42 bits per heavy atom. The number of rotatable bonds is 3. The van der Waals surface area contributed by atoms with Gasteiger partial charge in [0, 0.05) is 17.5 Å². The van der Waals surface area contributed by atoms with Gasteiger partial charge in [-0.25, -0.2) is 8.42 Å². The molecule has 0 saturated carbocycles. The summed E-state index contributed by atoms with van der Waals surface area (Å²) in [6.07, 6.45) is 4.01. The molecule has 0 aromatic carbocycles. The van der Waals surface area contributed by atoms with Gasteiger partial charge in [-0.3, -0.25) is 9.67 Å². The maximum absolute atomic E-state index is 11.7. The number of nitrogens with zero attached hydrogens (tertiary/aromatic N) is 4. The molecule has 24 heavy (non-hydrogen) atoms. The molecule has 2 aromatic heterocycles. The number of hydrogen-bond acceptors (Lipinski definition) is 5. The minimum absolute atomic E-state index is 0.128. The van der Waals surface area contributed by atoms with E-state index in [0.717, 1.165) is 17.0 Å². The number of sulfone groups is 1. The summed E-state index contributed by atoms with van der Waals surface area (Å²) in [7, 11) is -2.97. The third-order valence-corrected chi connectivity index (χ3v) is 6.04. The van der Waals surface area contributed by atoms with Crippen molar-refractivity contribution in [2.24, 2.45) is 0 Å². The van der Waals surface area contributed by atoms with E-state index in [1.54, 1.807) is 29.1 Å². The Hall–Kier alpha value is -2.46. The molecule has 1 atom stereocenters. The largest absolute Gasteiger partial charge is 0.265 e. The van der Waals surface area contributed by atoms with Gasteiger partial charge in [-0.2, -0.15) is 10.4 Å². The van der Waals surface area contributed by atoms with Crippen LogP contribution in [0.5, 0.6) is 0 Å². The van der Waals surface area contributed by atoms with Gasteiger partial charge in [-0.05, 0) is 38.5 Å². The van der Waals surface area contributed by atoms with Crippen molar-refractivity contribution >= 4 is 21.5 Å². The Morgan fingerprint density at radius 3 is 2.79 bits per heavy atom. The molecule has 3 heterocycles. The van der Waals surface area contributed by atoms with Crippen molar-refractivity contribution in [1.82, 2.24) is 14.8 Å². The van der Waals surface area contributed by atoms with Crippen LogP contribution in [0.3, 0.4) is 0 Å².